The standard InChI is InChI=1S/C26H30N4O2/c1-4-30-15-13-23(27-30)24(31)29-16-14-26(19-29,25(32)28(2)3)18-20-9-8-12-22(17-20)21-10-6-5-7-11-21/h5-13,15,17H,4,14,16,18-19H2,1-3H3/t26-/m1/s1. The first-order valence-electron chi connectivity index (χ1n) is 11.1. The van der Waals surface area contributed by atoms with E-state index in [4.69, 9.17) is 0 Å². The third-order valence-corrected chi connectivity index (χ3v) is 6.26. The first-order valence-corrected chi connectivity index (χ1v) is 11.1. The second-order valence-corrected chi connectivity index (χ2v) is 8.76. The summed E-state index contributed by atoms with van der Waals surface area (Å²) < 4.78 is 1.75. The van der Waals surface area contributed by atoms with Gasteiger partial charge < -0.3 is 9.80 Å². The van der Waals surface area contributed by atoms with Crippen LogP contribution in [0, 0.1) is 5.41 Å². The molecule has 4 rings (SSSR count). The number of amides is 2. The van der Waals surface area contributed by atoms with E-state index in [1.165, 1.54) is 0 Å². The average Bonchev–Trinajstić information content (AvgIpc) is 3.47. The molecule has 3 aromatic rings. The maximum Gasteiger partial charge on any atom is 0.274 e. The zero-order chi connectivity index (χ0) is 22.7. The van der Waals surface area contributed by atoms with Crippen LogP contribution in [0.15, 0.2) is 66.9 Å². The van der Waals surface area contributed by atoms with Crippen molar-refractivity contribution in [3.05, 3.63) is 78.1 Å². The van der Waals surface area contributed by atoms with Crippen LogP contribution in [0.3, 0.4) is 0 Å². The molecule has 0 aliphatic carbocycles. The van der Waals surface area contributed by atoms with Gasteiger partial charge in [0.2, 0.25) is 5.91 Å². The fraction of sp³-hybridized carbons (Fsp3) is 0.346. The predicted molar refractivity (Wildman–Crippen MR) is 125 cm³/mol. The molecular formula is C26H30N4O2. The second-order valence-electron chi connectivity index (χ2n) is 8.76. The Kier molecular flexibility index (Phi) is 6.12. The average molecular weight is 431 g/mol. The van der Waals surface area contributed by atoms with Crippen LogP contribution < -0.4 is 0 Å². The minimum atomic E-state index is -0.637. The van der Waals surface area contributed by atoms with Gasteiger partial charge in [-0.15, -0.1) is 0 Å². The van der Waals surface area contributed by atoms with Crippen LogP contribution in [-0.4, -0.2) is 58.6 Å². The molecule has 1 aromatic heterocycles. The second kappa shape index (κ2) is 8.99. The van der Waals surface area contributed by atoms with Gasteiger partial charge in [0.15, 0.2) is 0 Å². The van der Waals surface area contributed by atoms with Gasteiger partial charge >= 0.3 is 0 Å². The highest BCUT2D eigenvalue weighted by molar-refractivity contribution is 5.93. The maximum absolute atomic E-state index is 13.3. The van der Waals surface area contributed by atoms with E-state index in [1.807, 2.05) is 37.4 Å². The summed E-state index contributed by atoms with van der Waals surface area (Å²) in [4.78, 5) is 29.9. The Hall–Kier alpha value is -3.41. The van der Waals surface area contributed by atoms with Crippen molar-refractivity contribution in [2.24, 2.45) is 5.41 Å². The molecule has 1 aliphatic rings. The van der Waals surface area contributed by atoms with E-state index in [2.05, 4.69) is 35.4 Å². The molecule has 1 atom stereocenters. The van der Waals surface area contributed by atoms with E-state index in [-0.39, 0.29) is 11.8 Å². The number of aromatic nitrogens is 2. The molecule has 0 saturated carbocycles. The lowest BCUT2D eigenvalue weighted by atomic mass is 9.79. The van der Waals surface area contributed by atoms with Crippen molar-refractivity contribution in [1.29, 1.82) is 0 Å². The molecule has 0 spiro atoms. The highest BCUT2D eigenvalue weighted by Gasteiger charge is 2.47. The molecule has 0 N–H and O–H groups in total. The smallest absolute Gasteiger partial charge is 0.274 e. The molecule has 1 fully saturated rings. The normalized spacial score (nSPS) is 18.0. The number of carbonyl (C=O) groups is 2. The fourth-order valence-electron chi connectivity index (χ4n) is 4.61. The molecule has 6 nitrogen and oxygen atoms in total. The third kappa shape index (κ3) is 4.31. The summed E-state index contributed by atoms with van der Waals surface area (Å²) in [5.41, 5.74) is 3.18. The predicted octanol–water partition coefficient (Wildman–Crippen LogP) is 3.73. The van der Waals surface area contributed by atoms with Gasteiger partial charge in [-0.25, -0.2) is 0 Å². The highest BCUT2D eigenvalue weighted by atomic mass is 16.2. The largest absolute Gasteiger partial charge is 0.348 e. The summed E-state index contributed by atoms with van der Waals surface area (Å²) in [5.74, 6) is -0.0410. The number of hydrogen-bond acceptors (Lipinski definition) is 3. The van der Waals surface area contributed by atoms with Crippen molar-refractivity contribution >= 4 is 11.8 Å². The number of hydrogen-bond donors (Lipinski definition) is 0. The van der Waals surface area contributed by atoms with Crippen molar-refractivity contribution in [3.63, 3.8) is 0 Å². The minimum Gasteiger partial charge on any atom is -0.348 e. The molecule has 2 heterocycles. The van der Waals surface area contributed by atoms with Crippen molar-refractivity contribution < 1.29 is 9.59 Å². The zero-order valence-electron chi connectivity index (χ0n) is 19.0. The lowest BCUT2D eigenvalue weighted by Gasteiger charge is -2.31. The van der Waals surface area contributed by atoms with Crippen molar-refractivity contribution in [1.82, 2.24) is 19.6 Å². The summed E-state index contributed by atoms with van der Waals surface area (Å²) in [7, 11) is 3.58. The van der Waals surface area contributed by atoms with Gasteiger partial charge in [0, 0.05) is 39.9 Å². The van der Waals surface area contributed by atoms with E-state index >= 15 is 0 Å². The SMILES string of the molecule is CCn1ccc(C(=O)N2CC[C@](Cc3cccc(-c4ccccc4)c3)(C(=O)N(C)C)C2)n1. The van der Waals surface area contributed by atoms with Gasteiger partial charge in [-0.05, 0) is 42.5 Å². The Morgan fingerprint density at radius 2 is 1.78 bits per heavy atom. The van der Waals surface area contributed by atoms with Crippen LogP contribution in [0.4, 0.5) is 0 Å². The first-order chi connectivity index (χ1) is 15.4. The lowest BCUT2D eigenvalue weighted by Crippen LogP contribution is -2.44. The minimum absolute atomic E-state index is 0.0667. The lowest BCUT2D eigenvalue weighted by molar-refractivity contribution is -0.138. The molecule has 166 valence electrons. The Morgan fingerprint density at radius 3 is 2.47 bits per heavy atom. The molecule has 2 aromatic carbocycles. The number of rotatable bonds is 6. The molecule has 1 saturated heterocycles. The van der Waals surface area contributed by atoms with Crippen molar-refractivity contribution in [2.45, 2.75) is 26.3 Å². The van der Waals surface area contributed by atoms with Crippen LogP contribution in [0.2, 0.25) is 0 Å². The van der Waals surface area contributed by atoms with Crippen molar-refractivity contribution in [2.75, 3.05) is 27.2 Å². The van der Waals surface area contributed by atoms with Gasteiger partial charge in [-0.3, -0.25) is 14.3 Å². The number of nitrogens with zero attached hydrogens (tertiary/aromatic N) is 4. The Morgan fingerprint density at radius 1 is 1.03 bits per heavy atom. The molecule has 0 radical (unpaired) electrons. The van der Waals surface area contributed by atoms with Gasteiger partial charge in [-0.1, -0.05) is 54.6 Å². The number of benzene rings is 2. The molecule has 0 unspecified atom stereocenters. The van der Waals surface area contributed by atoms with Gasteiger partial charge in [0.05, 0.1) is 5.41 Å². The first kappa shape index (κ1) is 21.8. The van der Waals surface area contributed by atoms with Crippen LogP contribution in [0.5, 0.6) is 0 Å². The van der Waals surface area contributed by atoms with Crippen LogP contribution >= 0.6 is 0 Å². The molecule has 0 bridgehead atoms. The van der Waals surface area contributed by atoms with Crippen molar-refractivity contribution in [3.8, 4) is 11.1 Å². The van der Waals surface area contributed by atoms with Gasteiger partial charge in [-0.2, -0.15) is 5.10 Å². The van der Waals surface area contributed by atoms with Crippen LogP contribution in [0.25, 0.3) is 11.1 Å². The highest BCUT2D eigenvalue weighted by Crippen LogP contribution is 2.37. The Bertz CT molecular complexity index is 1110. The van der Waals surface area contributed by atoms with E-state index in [0.29, 0.717) is 38.2 Å². The van der Waals surface area contributed by atoms with E-state index in [9.17, 15) is 9.59 Å². The molecule has 2 amide bonds. The summed E-state index contributed by atoms with van der Waals surface area (Å²) >= 11 is 0. The molecule has 6 heteroatoms. The Labute approximate surface area is 189 Å². The summed E-state index contributed by atoms with van der Waals surface area (Å²) in [6.07, 6.45) is 3.05. The molecule has 32 heavy (non-hydrogen) atoms. The fourth-order valence-corrected chi connectivity index (χ4v) is 4.61. The van der Waals surface area contributed by atoms with Gasteiger partial charge in [0.1, 0.15) is 5.69 Å². The number of aryl methyl sites for hydroxylation is 1. The zero-order valence-corrected chi connectivity index (χ0v) is 19.0. The molecular weight excluding hydrogens is 400 g/mol. The monoisotopic (exact) mass is 430 g/mol. The van der Waals surface area contributed by atoms with E-state index in [0.717, 1.165) is 16.7 Å². The molecule has 1 aliphatic heterocycles. The topological polar surface area (TPSA) is 58.4 Å². The maximum atomic E-state index is 13.3. The third-order valence-electron chi connectivity index (χ3n) is 6.26. The van der Waals surface area contributed by atoms with E-state index < -0.39 is 5.41 Å². The summed E-state index contributed by atoms with van der Waals surface area (Å²) in [6, 6.07) is 20.4. The van der Waals surface area contributed by atoms with Crippen LogP contribution in [-0.2, 0) is 17.8 Å². The summed E-state index contributed by atoms with van der Waals surface area (Å²) in [6.45, 7) is 3.66. The van der Waals surface area contributed by atoms with Crippen LogP contribution in [0.1, 0.15) is 29.4 Å². The van der Waals surface area contributed by atoms with E-state index in [1.54, 1.807) is 34.6 Å². The number of likely N-dealkylation sites (tertiary alicyclic amines) is 1. The Balaban J connectivity index is 1.60. The summed E-state index contributed by atoms with van der Waals surface area (Å²) in [5, 5.41) is 4.36. The quantitative estimate of drug-likeness (QED) is 0.599. The van der Waals surface area contributed by atoms with Gasteiger partial charge in [0.25, 0.3) is 5.91 Å². The number of carbonyl (C=O) groups excluding carboxylic acids is 2.